The third-order valence-electron chi connectivity index (χ3n) is 6.80. The molecule has 0 spiro atoms. The standard InChI is InChI=1S/C25H37N5O3/c1-17(2)23-27-25(33-28-23)29-11-8-19(9-12-29)5-4-14-32-21-6-7-22(18(3)15-21)24(31)30-13-10-20(26)16-30/h6-7,15,17,19-20H,4-5,8-14,16,26H2,1-3H3. The van der Waals surface area contributed by atoms with Crippen molar-refractivity contribution < 1.29 is 14.1 Å². The molecule has 8 heteroatoms. The van der Waals surface area contributed by atoms with Crippen molar-refractivity contribution in [3.8, 4) is 5.75 Å². The van der Waals surface area contributed by atoms with Gasteiger partial charge >= 0.3 is 6.01 Å². The molecule has 0 saturated carbocycles. The summed E-state index contributed by atoms with van der Waals surface area (Å²) in [6.07, 6.45) is 5.32. The van der Waals surface area contributed by atoms with Crippen LogP contribution in [-0.4, -0.2) is 59.8 Å². The molecule has 0 radical (unpaired) electrons. The van der Waals surface area contributed by atoms with Gasteiger partial charge in [0.25, 0.3) is 5.91 Å². The number of piperidine rings is 1. The fraction of sp³-hybridized carbons (Fsp3) is 0.640. The quantitative estimate of drug-likeness (QED) is 0.605. The summed E-state index contributed by atoms with van der Waals surface area (Å²) in [4.78, 5) is 21.3. The Balaban J connectivity index is 1.17. The number of hydrogen-bond acceptors (Lipinski definition) is 7. The maximum absolute atomic E-state index is 12.7. The van der Waals surface area contributed by atoms with E-state index in [1.807, 2.05) is 30.0 Å². The lowest BCUT2D eigenvalue weighted by Gasteiger charge is -2.30. The van der Waals surface area contributed by atoms with Crippen LogP contribution in [0.2, 0.25) is 0 Å². The average Bonchev–Trinajstić information content (AvgIpc) is 3.46. The van der Waals surface area contributed by atoms with Crippen LogP contribution < -0.4 is 15.4 Å². The number of nitrogens with two attached hydrogens (primary N) is 1. The molecule has 2 aromatic rings. The number of likely N-dealkylation sites (tertiary alicyclic amines) is 1. The van der Waals surface area contributed by atoms with E-state index in [4.69, 9.17) is 15.0 Å². The molecule has 2 fully saturated rings. The molecule has 2 N–H and O–H groups in total. The van der Waals surface area contributed by atoms with Gasteiger partial charge in [-0.05, 0) is 68.7 Å². The van der Waals surface area contributed by atoms with Crippen molar-refractivity contribution >= 4 is 11.9 Å². The molecule has 1 aromatic heterocycles. The summed E-state index contributed by atoms with van der Waals surface area (Å²) < 4.78 is 11.4. The number of benzene rings is 1. The largest absolute Gasteiger partial charge is 0.494 e. The molecule has 1 unspecified atom stereocenters. The van der Waals surface area contributed by atoms with Crippen LogP contribution in [0.25, 0.3) is 0 Å². The van der Waals surface area contributed by atoms with E-state index in [9.17, 15) is 4.79 Å². The molecular weight excluding hydrogens is 418 g/mol. The number of aryl methyl sites for hydroxylation is 1. The van der Waals surface area contributed by atoms with Crippen LogP contribution in [0.5, 0.6) is 5.75 Å². The lowest BCUT2D eigenvalue weighted by molar-refractivity contribution is 0.0790. The normalized spacial score (nSPS) is 19.5. The number of amides is 1. The highest BCUT2D eigenvalue weighted by Gasteiger charge is 2.26. The number of carbonyl (C=O) groups is 1. The first-order chi connectivity index (χ1) is 15.9. The van der Waals surface area contributed by atoms with E-state index in [0.717, 1.165) is 74.4 Å². The Labute approximate surface area is 196 Å². The highest BCUT2D eigenvalue weighted by atomic mass is 16.5. The summed E-state index contributed by atoms with van der Waals surface area (Å²) >= 11 is 0. The van der Waals surface area contributed by atoms with Gasteiger partial charge < -0.3 is 24.8 Å². The fourth-order valence-electron chi connectivity index (χ4n) is 4.67. The van der Waals surface area contributed by atoms with Gasteiger partial charge in [0.15, 0.2) is 5.82 Å². The number of ether oxygens (including phenoxy) is 1. The minimum atomic E-state index is 0.0688. The third kappa shape index (κ3) is 5.85. The Bertz CT molecular complexity index is 936. The van der Waals surface area contributed by atoms with Crippen molar-refractivity contribution in [1.29, 1.82) is 0 Å². The first-order valence-corrected chi connectivity index (χ1v) is 12.3. The summed E-state index contributed by atoms with van der Waals surface area (Å²) in [6, 6.07) is 6.52. The van der Waals surface area contributed by atoms with E-state index in [1.54, 1.807) is 0 Å². The lowest BCUT2D eigenvalue weighted by Crippen LogP contribution is -2.34. The molecular formula is C25H37N5O3. The second-order valence-electron chi connectivity index (χ2n) is 9.79. The van der Waals surface area contributed by atoms with Gasteiger partial charge in [0.1, 0.15) is 5.75 Å². The van der Waals surface area contributed by atoms with Crippen LogP contribution in [0.4, 0.5) is 6.01 Å². The predicted molar refractivity (Wildman–Crippen MR) is 128 cm³/mol. The van der Waals surface area contributed by atoms with E-state index in [0.29, 0.717) is 25.1 Å². The zero-order valence-electron chi connectivity index (χ0n) is 20.1. The van der Waals surface area contributed by atoms with E-state index < -0.39 is 0 Å². The van der Waals surface area contributed by atoms with Crippen LogP contribution in [0.15, 0.2) is 22.7 Å². The monoisotopic (exact) mass is 455 g/mol. The molecule has 2 aliphatic heterocycles. The van der Waals surface area contributed by atoms with E-state index in [2.05, 4.69) is 28.9 Å². The second-order valence-corrected chi connectivity index (χ2v) is 9.79. The first-order valence-electron chi connectivity index (χ1n) is 12.3. The number of anilines is 1. The predicted octanol–water partition coefficient (Wildman–Crippen LogP) is 3.75. The van der Waals surface area contributed by atoms with Gasteiger partial charge in [-0.3, -0.25) is 4.79 Å². The van der Waals surface area contributed by atoms with Gasteiger partial charge in [0.2, 0.25) is 0 Å². The minimum absolute atomic E-state index is 0.0688. The molecule has 8 nitrogen and oxygen atoms in total. The van der Waals surface area contributed by atoms with Crippen molar-refractivity contribution in [2.45, 2.75) is 64.8 Å². The van der Waals surface area contributed by atoms with E-state index >= 15 is 0 Å². The zero-order chi connectivity index (χ0) is 23.4. The van der Waals surface area contributed by atoms with Crippen LogP contribution in [-0.2, 0) is 0 Å². The number of carbonyl (C=O) groups excluding carboxylic acids is 1. The van der Waals surface area contributed by atoms with Crippen LogP contribution in [0, 0.1) is 12.8 Å². The van der Waals surface area contributed by atoms with Crippen LogP contribution in [0.1, 0.15) is 73.6 Å². The number of nitrogens with zero attached hydrogens (tertiary/aromatic N) is 4. The highest BCUT2D eigenvalue weighted by molar-refractivity contribution is 5.96. The van der Waals surface area contributed by atoms with Crippen molar-refractivity contribution in [1.82, 2.24) is 15.0 Å². The van der Waals surface area contributed by atoms with Gasteiger partial charge in [0.05, 0.1) is 6.61 Å². The van der Waals surface area contributed by atoms with Crippen LogP contribution >= 0.6 is 0 Å². The van der Waals surface area contributed by atoms with Gasteiger partial charge in [-0.2, -0.15) is 4.98 Å². The summed E-state index contributed by atoms with van der Waals surface area (Å²) in [5, 5.41) is 4.07. The maximum Gasteiger partial charge on any atom is 0.324 e. The molecule has 2 saturated heterocycles. The second kappa shape index (κ2) is 10.5. The van der Waals surface area contributed by atoms with Crippen molar-refractivity contribution in [2.75, 3.05) is 37.7 Å². The molecule has 4 rings (SSSR count). The Morgan fingerprint density at radius 1 is 1.24 bits per heavy atom. The number of aromatic nitrogens is 2. The van der Waals surface area contributed by atoms with Crippen molar-refractivity contribution in [2.24, 2.45) is 11.7 Å². The Kier molecular flexibility index (Phi) is 7.53. The minimum Gasteiger partial charge on any atom is -0.494 e. The Hall–Kier alpha value is -2.61. The number of hydrogen-bond donors (Lipinski definition) is 1. The van der Waals surface area contributed by atoms with E-state index in [1.165, 1.54) is 0 Å². The molecule has 0 bridgehead atoms. The first kappa shape index (κ1) is 23.5. The van der Waals surface area contributed by atoms with Crippen molar-refractivity contribution in [3.63, 3.8) is 0 Å². The molecule has 0 aliphatic carbocycles. The third-order valence-corrected chi connectivity index (χ3v) is 6.80. The molecule has 33 heavy (non-hydrogen) atoms. The number of rotatable bonds is 8. The molecule has 1 aromatic carbocycles. The van der Waals surface area contributed by atoms with Gasteiger partial charge in [-0.25, -0.2) is 0 Å². The highest BCUT2D eigenvalue weighted by Crippen LogP contribution is 2.26. The molecule has 180 valence electrons. The van der Waals surface area contributed by atoms with Gasteiger partial charge in [-0.15, -0.1) is 0 Å². The topological polar surface area (TPSA) is 97.7 Å². The summed E-state index contributed by atoms with van der Waals surface area (Å²) in [5.74, 6) is 2.65. The van der Waals surface area contributed by atoms with Crippen molar-refractivity contribution in [3.05, 3.63) is 35.2 Å². The lowest BCUT2D eigenvalue weighted by atomic mass is 9.92. The zero-order valence-corrected chi connectivity index (χ0v) is 20.1. The SMILES string of the molecule is Cc1cc(OCCCC2CCN(c3nc(C(C)C)no3)CC2)ccc1C(=O)N1CCC(N)C1. The molecule has 1 amide bonds. The smallest absolute Gasteiger partial charge is 0.324 e. The Morgan fingerprint density at radius 2 is 2.03 bits per heavy atom. The average molecular weight is 456 g/mol. The maximum atomic E-state index is 12.7. The summed E-state index contributed by atoms with van der Waals surface area (Å²) in [5.41, 5.74) is 7.64. The van der Waals surface area contributed by atoms with Gasteiger partial charge in [0, 0.05) is 43.7 Å². The molecule has 3 heterocycles. The Morgan fingerprint density at radius 3 is 2.67 bits per heavy atom. The van der Waals surface area contributed by atoms with Crippen LogP contribution in [0.3, 0.4) is 0 Å². The summed E-state index contributed by atoms with van der Waals surface area (Å²) in [6.45, 7) is 10.1. The van der Waals surface area contributed by atoms with Gasteiger partial charge in [-0.1, -0.05) is 19.0 Å². The molecule has 2 aliphatic rings. The molecule has 1 atom stereocenters. The summed E-state index contributed by atoms with van der Waals surface area (Å²) in [7, 11) is 0. The van der Waals surface area contributed by atoms with E-state index in [-0.39, 0.29) is 17.9 Å². The fourth-order valence-corrected chi connectivity index (χ4v) is 4.67.